The van der Waals surface area contributed by atoms with E-state index >= 15 is 0 Å². The van der Waals surface area contributed by atoms with E-state index in [1.165, 1.54) is 4.31 Å². The van der Waals surface area contributed by atoms with E-state index in [1.807, 2.05) is 0 Å². The summed E-state index contributed by atoms with van der Waals surface area (Å²) in [5, 5.41) is 3.12. The summed E-state index contributed by atoms with van der Waals surface area (Å²) in [4.78, 5) is 0. The van der Waals surface area contributed by atoms with Crippen molar-refractivity contribution in [2.24, 2.45) is 0 Å². The maximum Gasteiger partial charge on any atom is 0.279 e. The Bertz CT molecular complexity index is 229. The largest absolute Gasteiger partial charge is 0.315 e. The minimum absolute atomic E-state index is 0.437. The second-order valence-corrected chi connectivity index (χ2v) is 4.93. The normalized spacial score (nSPS) is 12.3. The zero-order chi connectivity index (χ0) is 11.0. The Balaban J connectivity index is 3.67. The minimum atomic E-state index is -3.25. The van der Waals surface area contributed by atoms with Crippen LogP contribution in [0.25, 0.3) is 0 Å². The number of nitrogens with one attached hydrogen (secondary N) is 2. The zero-order valence-electron chi connectivity index (χ0n) is 9.21. The van der Waals surface area contributed by atoms with Gasteiger partial charge in [-0.3, -0.25) is 0 Å². The summed E-state index contributed by atoms with van der Waals surface area (Å²) in [5.41, 5.74) is 0. The molecule has 0 aliphatic heterocycles. The maximum absolute atomic E-state index is 11.4. The molecule has 0 fully saturated rings. The number of hydrogen-bond acceptors (Lipinski definition) is 3. The molecule has 5 nitrogen and oxygen atoms in total. The summed E-state index contributed by atoms with van der Waals surface area (Å²) in [6.07, 6.45) is 1.06. The first-order chi connectivity index (χ1) is 6.54. The van der Waals surface area contributed by atoms with E-state index in [0.29, 0.717) is 19.6 Å². The minimum Gasteiger partial charge on any atom is -0.315 e. The second-order valence-electron chi connectivity index (χ2n) is 3.06. The summed E-state index contributed by atoms with van der Waals surface area (Å²) in [5.74, 6) is 0. The molecule has 0 saturated carbocycles. The SMILES string of the molecule is CCCNCCNS(=O)(=O)N(C)CC. The van der Waals surface area contributed by atoms with Crippen LogP contribution in [0.1, 0.15) is 20.3 Å². The summed E-state index contributed by atoms with van der Waals surface area (Å²) in [7, 11) is -1.70. The molecule has 0 aromatic rings. The Labute approximate surface area is 87.0 Å². The molecule has 0 rings (SSSR count). The van der Waals surface area contributed by atoms with Gasteiger partial charge in [0.05, 0.1) is 0 Å². The maximum atomic E-state index is 11.4. The van der Waals surface area contributed by atoms with E-state index in [0.717, 1.165) is 13.0 Å². The Kier molecular flexibility index (Phi) is 7.08. The van der Waals surface area contributed by atoms with Gasteiger partial charge in [0.25, 0.3) is 10.2 Å². The lowest BCUT2D eigenvalue weighted by Gasteiger charge is -2.15. The highest BCUT2D eigenvalue weighted by atomic mass is 32.2. The van der Waals surface area contributed by atoms with Gasteiger partial charge < -0.3 is 5.32 Å². The molecule has 6 heteroatoms. The highest BCUT2D eigenvalue weighted by Crippen LogP contribution is 1.90. The molecular formula is C8H21N3O2S. The average Bonchev–Trinajstić information content (AvgIpc) is 2.16. The summed E-state index contributed by atoms with van der Waals surface area (Å²) in [6, 6.07) is 0. The molecule has 0 atom stereocenters. The molecular weight excluding hydrogens is 202 g/mol. The van der Waals surface area contributed by atoms with Gasteiger partial charge in [-0.25, -0.2) is 4.72 Å². The van der Waals surface area contributed by atoms with Gasteiger partial charge in [0.2, 0.25) is 0 Å². The fraction of sp³-hybridized carbons (Fsp3) is 1.00. The lowest BCUT2D eigenvalue weighted by Crippen LogP contribution is -2.41. The molecule has 0 aromatic carbocycles. The smallest absolute Gasteiger partial charge is 0.279 e. The van der Waals surface area contributed by atoms with Crippen molar-refractivity contribution in [1.29, 1.82) is 0 Å². The van der Waals surface area contributed by atoms with Gasteiger partial charge in [0.15, 0.2) is 0 Å². The lowest BCUT2D eigenvalue weighted by atomic mass is 10.5. The standard InChI is InChI=1S/C8H21N3O2S/c1-4-6-9-7-8-10-14(12,13)11(3)5-2/h9-10H,4-8H2,1-3H3. The summed E-state index contributed by atoms with van der Waals surface area (Å²) >= 11 is 0. The van der Waals surface area contributed by atoms with Gasteiger partial charge in [0, 0.05) is 26.7 Å². The molecule has 0 aliphatic rings. The van der Waals surface area contributed by atoms with Gasteiger partial charge in [0.1, 0.15) is 0 Å². The van der Waals surface area contributed by atoms with Crippen molar-refractivity contribution in [3.63, 3.8) is 0 Å². The Hall–Kier alpha value is -0.170. The zero-order valence-corrected chi connectivity index (χ0v) is 10.0. The van der Waals surface area contributed by atoms with Crippen molar-refractivity contribution in [3.05, 3.63) is 0 Å². The molecule has 0 saturated heterocycles. The predicted octanol–water partition coefficient (Wildman–Crippen LogP) is -0.228. The van der Waals surface area contributed by atoms with Crippen molar-refractivity contribution in [1.82, 2.24) is 14.3 Å². The average molecular weight is 223 g/mol. The lowest BCUT2D eigenvalue weighted by molar-refractivity contribution is 0.472. The molecule has 0 bridgehead atoms. The number of nitrogens with zero attached hydrogens (tertiary/aromatic N) is 1. The van der Waals surface area contributed by atoms with E-state index < -0.39 is 10.2 Å². The molecule has 0 aromatic heterocycles. The monoisotopic (exact) mass is 223 g/mol. The fourth-order valence-corrected chi connectivity index (χ4v) is 1.77. The first-order valence-electron chi connectivity index (χ1n) is 4.96. The molecule has 2 N–H and O–H groups in total. The first-order valence-corrected chi connectivity index (χ1v) is 6.40. The quantitative estimate of drug-likeness (QED) is 0.559. The number of hydrogen-bond donors (Lipinski definition) is 2. The molecule has 14 heavy (non-hydrogen) atoms. The van der Waals surface area contributed by atoms with Crippen LogP contribution >= 0.6 is 0 Å². The first kappa shape index (κ1) is 13.8. The van der Waals surface area contributed by atoms with Gasteiger partial charge in [-0.1, -0.05) is 13.8 Å². The van der Waals surface area contributed by atoms with Crippen molar-refractivity contribution >= 4 is 10.2 Å². The van der Waals surface area contributed by atoms with Crippen LogP contribution in [0, 0.1) is 0 Å². The van der Waals surface area contributed by atoms with E-state index in [1.54, 1.807) is 14.0 Å². The summed E-state index contributed by atoms with van der Waals surface area (Å²) < 4.78 is 26.6. The molecule has 0 spiro atoms. The molecule has 0 aliphatic carbocycles. The topological polar surface area (TPSA) is 61.4 Å². The fourth-order valence-electron chi connectivity index (χ4n) is 0.850. The van der Waals surface area contributed by atoms with E-state index in [2.05, 4.69) is 17.0 Å². The van der Waals surface area contributed by atoms with Gasteiger partial charge in [-0.15, -0.1) is 0 Å². The van der Waals surface area contributed by atoms with Crippen LogP contribution in [0.3, 0.4) is 0 Å². The third kappa shape index (κ3) is 5.54. The van der Waals surface area contributed by atoms with Crippen LogP contribution in [0.15, 0.2) is 0 Å². The van der Waals surface area contributed by atoms with Gasteiger partial charge in [-0.05, 0) is 13.0 Å². The molecule has 0 radical (unpaired) electrons. The van der Waals surface area contributed by atoms with Crippen LogP contribution in [-0.4, -0.2) is 45.9 Å². The molecule has 0 heterocycles. The van der Waals surface area contributed by atoms with E-state index in [-0.39, 0.29) is 0 Å². The van der Waals surface area contributed by atoms with Crippen LogP contribution in [-0.2, 0) is 10.2 Å². The second kappa shape index (κ2) is 7.17. The summed E-state index contributed by atoms with van der Waals surface area (Å²) in [6.45, 7) is 6.39. The van der Waals surface area contributed by atoms with Gasteiger partial charge in [-0.2, -0.15) is 12.7 Å². The van der Waals surface area contributed by atoms with Crippen LogP contribution in [0.5, 0.6) is 0 Å². The third-order valence-electron chi connectivity index (χ3n) is 1.87. The predicted molar refractivity (Wildman–Crippen MR) is 58.4 cm³/mol. The van der Waals surface area contributed by atoms with Crippen molar-refractivity contribution < 1.29 is 8.42 Å². The van der Waals surface area contributed by atoms with Crippen molar-refractivity contribution in [2.75, 3.05) is 33.2 Å². The Morgan fingerprint density at radius 3 is 2.29 bits per heavy atom. The highest BCUT2D eigenvalue weighted by Gasteiger charge is 2.13. The molecule has 86 valence electrons. The molecule has 0 amide bonds. The van der Waals surface area contributed by atoms with Gasteiger partial charge >= 0.3 is 0 Å². The van der Waals surface area contributed by atoms with Crippen LogP contribution in [0.4, 0.5) is 0 Å². The van der Waals surface area contributed by atoms with Crippen molar-refractivity contribution in [3.8, 4) is 0 Å². The number of rotatable bonds is 8. The molecule has 0 unspecified atom stereocenters. The van der Waals surface area contributed by atoms with Crippen molar-refractivity contribution in [2.45, 2.75) is 20.3 Å². The third-order valence-corrected chi connectivity index (χ3v) is 3.52. The van der Waals surface area contributed by atoms with Crippen LogP contribution in [0.2, 0.25) is 0 Å². The van der Waals surface area contributed by atoms with E-state index in [9.17, 15) is 8.42 Å². The highest BCUT2D eigenvalue weighted by molar-refractivity contribution is 7.87. The van der Waals surface area contributed by atoms with Crippen LogP contribution < -0.4 is 10.0 Å². The Morgan fingerprint density at radius 2 is 1.79 bits per heavy atom. The van der Waals surface area contributed by atoms with E-state index in [4.69, 9.17) is 0 Å². The Morgan fingerprint density at radius 1 is 1.14 bits per heavy atom.